The highest BCUT2D eigenvalue weighted by Crippen LogP contribution is 2.25. The van der Waals surface area contributed by atoms with Gasteiger partial charge in [0.05, 0.1) is 4.92 Å². The maximum Gasteiger partial charge on any atom is 0.288 e. The topological polar surface area (TPSA) is 113 Å². The minimum atomic E-state index is -0.599. The van der Waals surface area contributed by atoms with Gasteiger partial charge in [0.2, 0.25) is 11.8 Å². The molecule has 3 N–H and O–H groups in total. The molecule has 0 fully saturated rings. The third-order valence-corrected chi connectivity index (χ3v) is 4.29. The van der Waals surface area contributed by atoms with Crippen LogP contribution in [0.5, 0.6) is 0 Å². The third kappa shape index (κ3) is 6.94. The van der Waals surface area contributed by atoms with Crippen LogP contribution in [0.1, 0.15) is 19.4 Å². The van der Waals surface area contributed by atoms with E-state index < -0.39 is 10.8 Å². The van der Waals surface area contributed by atoms with Gasteiger partial charge in [-0.25, -0.2) is 0 Å². The molecule has 0 unspecified atom stereocenters. The number of carbonyl (C=O) groups excluding carboxylic acids is 2. The monoisotopic (exact) mass is 446 g/mol. The summed E-state index contributed by atoms with van der Waals surface area (Å²) in [5.41, 5.74) is 1.47. The molecule has 2 aromatic carbocycles. The standard InChI is InChI=1S/C20H19ClN4O4S/c1-12(2)19(27)22-14-5-7-15(8-6-14)23-20(30)24-18(26)10-4-13-3-9-16(21)17(11-13)25(28)29/h3-12H,1-2H3,(H,22,27)(H2,23,24,26,30). The second-order valence-corrected chi connectivity index (χ2v) is 7.28. The largest absolute Gasteiger partial charge is 0.332 e. The SMILES string of the molecule is CC(C)C(=O)Nc1ccc(NC(=S)NC(=O)C=Cc2ccc(Cl)c([N+](=O)[O-])c2)cc1. The average molecular weight is 447 g/mol. The van der Waals surface area contributed by atoms with Crippen LogP contribution in [0, 0.1) is 16.0 Å². The van der Waals surface area contributed by atoms with E-state index in [1.54, 1.807) is 44.2 Å². The molecule has 0 bridgehead atoms. The van der Waals surface area contributed by atoms with Gasteiger partial charge in [0.25, 0.3) is 5.69 Å². The number of nitrogens with zero attached hydrogens (tertiary/aromatic N) is 1. The van der Waals surface area contributed by atoms with Gasteiger partial charge < -0.3 is 10.6 Å². The molecule has 0 aromatic heterocycles. The average Bonchev–Trinajstić information content (AvgIpc) is 2.68. The molecule has 0 saturated carbocycles. The Kier molecular flexibility index (Phi) is 8.02. The first-order valence-electron chi connectivity index (χ1n) is 8.80. The highest BCUT2D eigenvalue weighted by atomic mass is 35.5. The van der Waals surface area contributed by atoms with E-state index >= 15 is 0 Å². The first kappa shape index (κ1) is 23.0. The van der Waals surface area contributed by atoms with Crippen molar-refractivity contribution >= 4 is 63.9 Å². The van der Waals surface area contributed by atoms with Crippen molar-refractivity contribution in [3.63, 3.8) is 0 Å². The van der Waals surface area contributed by atoms with Crippen LogP contribution in [0.3, 0.4) is 0 Å². The Morgan fingerprint density at radius 3 is 2.27 bits per heavy atom. The lowest BCUT2D eigenvalue weighted by molar-refractivity contribution is -0.384. The Hall–Kier alpha value is -3.30. The summed E-state index contributed by atoms with van der Waals surface area (Å²) in [6.07, 6.45) is 2.61. The predicted octanol–water partition coefficient (Wildman–Crippen LogP) is 4.37. The van der Waals surface area contributed by atoms with E-state index in [-0.39, 0.29) is 27.6 Å². The summed E-state index contributed by atoms with van der Waals surface area (Å²) in [6.45, 7) is 3.60. The highest BCUT2D eigenvalue weighted by Gasteiger charge is 2.12. The van der Waals surface area contributed by atoms with Crippen LogP contribution in [0.25, 0.3) is 6.08 Å². The molecule has 0 aliphatic rings. The molecule has 0 saturated heterocycles. The lowest BCUT2D eigenvalue weighted by atomic mass is 10.2. The van der Waals surface area contributed by atoms with Crippen molar-refractivity contribution in [1.82, 2.24) is 5.32 Å². The van der Waals surface area contributed by atoms with E-state index in [4.69, 9.17) is 23.8 Å². The van der Waals surface area contributed by atoms with Gasteiger partial charge in [0.15, 0.2) is 5.11 Å². The van der Waals surface area contributed by atoms with Gasteiger partial charge in [-0.1, -0.05) is 31.5 Å². The second-order valence-electron chi connectivity index (χ2n) is 6.47. The van der Waals surface area contributed by atoms with E-state index in [0.29, 0.717) is 16.9 Å². The predicted molar refractivity (Wildman–Crippen MR) is 121 cm³/mol. The van der Waals surface area contributed by atoms with Gasteiger partial charge in [0, 0.05) is 29.4 Å². The van der Waals surface area contributed by atoms with E-state index in [9.17, 15) is 19.7 Å². The fraction of sp³-hybridized carbons (Fsp3) is 0.150. The number of amides is 2. The number of hydrogen-bond donors (Lipinski definition) is 3. The summed E-state index contributed by atoms with van der Waals surface area (Å²) >= 11 is 10.9. The summed E-state index contributed by atoms with van der Waals surface area (Å²) in [6, 6.07) is 11.0. The Balaban J connectivity index is 1.91. The van der Waals surface area contributed by atoms with Gasteiger partial charge in [-0.15, -0.1) is 0 Å². The van der Waals surface area contributed by atoms with Crippen LogP contribution in [-0.4, -0.2) is 21.9 Å². The van der Waals surface area contributed by atoms with Crippen LogP contribution in [-0.2, 0) is 9.59 Å². The number of rotatable bonds is 6. The Bertz CT molecular complexity index is 1010. The first-order chi connectivity index (χ1) is 14.2. The minimum Gasteiger partial charge on any atom is -0.332 e. The number of benzene rings is 2. The molecular formula is C20H19ClN4O4S. The van der Waals surface area contributed by atoms with Crippen LogP contribution in [0.15, 0.2) is 48.5 Å². The van der Waals surface area contributed by atoms with Crippen molar-refractivity contribution in [2.45, 2.75) is 13.8 Å². The number of halogens is 1. The Morgan fingerprint density at radius 2 is 1.70 bits per heavy atom. The molecule has 10 heteroatoms. The normalized spacial score (nSPS) is 10.7. The summed E-state index contributed by atoms with van der Waals surface area (Å²) in [7, 11) is 0. The van der Waals surface area contributed by atoms with Gasteiger partial charge in [-0.3, -0.25) is 25.0 Å². The smallest absolute Gasteiger partial charge is 0.288 e. The molecule has 30 heavy (non-hydrogen) atoms. The Labute approximate surface area is 183 Å². The molecule has 0 radical (unpaired) electrons. The van der Waals surface area contributed by atoms with Crippen molar-refractivity contribution in [2.75, 3.05) is 10.6 Å². The molecule has 2 rings (SSSR count). The zero-order valence-electron chi connectivity index (χ0n) is 16.1. The van der Waals surface area contributed by atoms with Gasteiger partial charge in [-0.2, -0.15) is 0 Å². The maximum atomic E-state index is 12.0. The molecule has 0 atom stereocenters. The zero-order valence-corrected chi connectivity index (χ0v) is 17.7. The molecule has 2 aromatic rings. The quantitative estimate of drug-likeness (QED) is 0.263. The molecular weight excluding hydrogens is 428 g/mol. The summed E-state index contributed by atoms with van der Waals surface area (Å²) in [5.74, 6) is -0.722. The van der Waals surface area contributed by atoms with Crippen molar-refractivity contribution < 1.29 is 14.5 Å². The van der Waals surface area contributed by atoms with Gasteiger partial charge in [-0.05, 0) is 54.2 Å². The number of nitro benzene ring substituents is 1. The van der Waals surface area contributed by atoms with Crippen molar-refractivity contribution in [1.29, 1.82) is 0 Å². The van der Waals surface area contributed by atoms with Crippen LogP contribution in [0.4, 0.5) is 17.1 Å². The lowest BCUT2D eigenvalue weighted by Crippen LogP contribution is -2.32. The van der Waals surface area contributed by atoms with Gasteiger partial charge in [0.1, 0.15) is 5.02 Å². The molecule has 8 nitrogen and oxygen atoms in total. The molecule has 0 spiro atoms. The van der Waals surface area contributed by atoms with E-state index in [1.807, 2.05) is 0 Å². The second kappa shape index (κ2) is 10.5. The zero-order chi connectivity index (χ0) is 22.3. The minimum absolute atomic E-state index is 0.0155. The lowest BCUT2D eigenvalue weighted by Gasteiger charge is -2.10. The van der Waals surface area contributed by atoms with Gasteiger partial charge >= 0.3 is 0 Å². The van der Waals surface area contributed by atoms with E-state index in [1.165, 1.54) is 24.3 Å². The third-order valence-electron chi connectivity index (χ3n) is 3.77. The molecule has 0 aliphatic carbocycles. The number of carbonyl (C=O) groups is 2. The fourth-order valence-corrected chi connectivity index (χ4v) is 2.59. The van der Waals surface area contributed by atoms with Crippen molar-refractivity contribution in [2.24, 2.45) is 5.92 Å². The number of nitrogens with one attached hydrogen (secondary N) is 3. The molecule has 156 valence electrons. The molecule has 2 amide bonds. The number of thiocarbonyl (C=S) groups is 1. The molecule has 0 heterocycles. The van der Waals surface area contributed by atoms with Crippen LogP contribution >= 0.6 is 23.8 Å². The maximum absolute atomic E-state index is 12.0. The summed E-state index contributed by atoms with van der Waals surface area (Å²) in [4.78, 5) is 34.0. The van der Waals surface area contributed by atoms with E-state index in [0.717, 1.165) is 0 Å². The number of nitro groups is 1. The van der Waals surface area contributed by atoms with E-state index in [2.05, 4.69) is 16.0 Å². The van der Waals surface area contributed by atoms with Crippen LogP contribution in [0.2, 0.25) is 5.02 Å². The molecule has 0 aliphatic heterocycles. The van der Waals surface area contributed by atoms with Crippen molar-refractivity contribution in [3.05, 3.63) is 69.2 Å². The fourth-order valence-electron chi connectivity index (χ4n) is 2.18. The van der Waals surface area contributed by atoms with Crippen molar-refractivity contribution in [3.8, 4) is 0 Å². The first-order valence-corrected chi connectivity index (χ1v) is 9.59. The summed E-state index contributed by atoms with van der Waals surface area (Å²) < 4.78 is 0. The number of hydrogen-bond acceptors (Lipinski definition) is 5. The summed E-state index contributed by atoms with van der Waals surface area (Å²) in [5, 5.41) is 19.1. The van der Waals surface area contributed by atoms with Crippen LogP contribution < -0.4 is 16.0 Å². The Morgan fingerprint density at radius 1 is 1.10 bits per heavy atom. The number of anilines is 2. The highest BCUT2D eigenvalue weighted by molar-refractivity contribution is 7.80.